The van der Waals surface area contributed by atoms with Gasteiger partial charge in [-0.05, 0) is 61.2 Å². The summed E-state index contributed by atoms with van der Waals surface area (Å²) in [5.41, 5.74) is 4.75. The van der Waals surface area contributed by atoms with Crippen LogP contribution >= 0.6 is 11.6 Å². The summed E-state index contributed by atoms with van der Waals surface area (Å²) in [5.74, 6) is -0.154. The lowest BCUT2D eigenvalue weighted by Gasteiger charge is -2.34. The van der Waals surface area contributed by atoms with Crippen molar-refractivity contribution in [1.29, 1.82) is 0 Å². The molecule has 1 aliphatic rings. The summed E-state index contributed by atoms with van der Waals surface area (Å²) in [7, 11) is 0. The number of alkyl halides is 1. The predicted octanol–water partition coefficient (Wildman–Crippen LogP) is 4.08. The van der Waals surface area contributed by atoms with Crippen LogP contribution in [0.15, 0.2) is 53.5 Å². The van der Waals surface area contributed by atoms with Crippen LogP contribution in [0.5, 0.6) is 0 Å². The molecule has 1 saturated heterocycles. The van der Waals surface area contributed by atoms with Gasteiger partial charge in [0.25, 0.3) is 11.5 Å². The predicted molar refractivity (Wildman–Crippen MR) is 151 cm³/mol. The number of piperidine rings is 1. The van der Waals surface area contributed by atoms with Crippen LogP contribution in [0.25, 0.3) is 22.4 Å². The lowest BCUT2D eigenvalue weighted by molar-refractivity contribution is -0.122. The fourth-order valence-electron chi connectivity index (χ4n) is 5.02. The van der Waals surface area contributed by atoms with Crippen molar-refractivity contribution in [3.05, 3.63) is 75.2 Å². The molecule has 3 heterocycles. The Balaban J connectivity index is 1.37. The number of hydrogen-bond acceptors (Lipinski definition) is 6. The lowest BCUT2D eigenvalue weighted by atomic mass is 10.0. The van der Waals surface area contributed by atoms with Gasteiger partial charge in [0.05, 0.1) is 22.8 Å². The van der Waals surface area contributed by atoms with Gasteiger partial charge in [-0.15, -0.1) is 0 Å². The summed E-state index contributed by atoms with van der Waals surface area (Å²) < 4.78 is 12.5. The van der Waals surface area contributed by atoms with Gasteiger partial charge in [0.15, 0.2) is 6.67 Å². The number of imidazole rings is 1. The number of fused-ring (bicyclic) bond motifs is 1. The Kier molecular flexibility index (Phi) is 7.85. The maximum atomic E-state index is 12.9. The number of aromatic nitrogens is 3. The van der Waals surface area contributed by atoms with Gasteiger partial charge in [-0.25, -0.2) is 9.37 Å². The number of amides is 1. The number of anilines is 2. The van der Waals surface area contributed by atoms with Gasteiger partial charge in [0.1, 0.15) is 11.4 Å². The van der Waals surface area contributed by atoms with Crippen LogP contribution in [0, 0.1) is 6.92 Å². The van der Waals surface area contributed by atoms with E-state index in [1.165, 1.54) is 0 Å². The van der Waals surface area contributed by atoms with Crippen molar-refractivity contribution in [2.45, 2.75) is 31.9 Å². The molecule has 4 aromatic rings. The number of aromatic amines is 2. The average Bonchev–Trinajstić information content (AvgIpc) is 3.36. The van der Waals surface area contributed by atoms with Crippen LogP contribution in [-0.4, -0.2) is 58.3 Å². The first-order valence-electron chi connectivity index (χ1n) is 12.8. The summed E-state index contributed by atoms with van der Waals surface area (Å²) in [6.07, 6.45) is 2.18. The first kappa shape index (κ1) is 26.7. The molecule has 0 spiro atoms. The number of H-pyrrole nitrogens is 2. The molecule has 5 N–H and O–H groups in total. The summed E-state index contributed by atoms with van der Waals surface area (Å²) in [4.78, 5) is 37.3. The summed E-state index contributed by atoms with van der Waals surface area (Å²) >= 11 is 6.05. The molecule has 0 unspecified atom stereocenters. The largest absolute Gasteiger partial charge is 0.387 e. The molecular formula is C28H30ClFN6O3. The highest BCUT2D eigenvalue weighted by molar-refractivity contribution is 6.30. The third-order valence-electron chi connectivity index (χ3n) is 7.03. The Labute approximate surface area is 229 Å². The van der Waals surface area contributed by atoms with E-state index in [4.69, 9.17) is 16.6 Å². The number of aliphatic hydroxyl groups is 1. The molecule has 1 aliphatic heterocycles. The summed E-state index contributed by atoms with van der Waals surface area (Å²) in [6.45, 7) is 2.60. The van der Waals surface area contributed by atoms with Crippen molar-refractivity contribution < 1.29 is 14.3 Å². The first-order chi connectivity index (χ1) is 18.8. The molecule has 0 bridgehead atoms. The molecule has 0 saturated carbocycles. The van der Waals surface area contributed by atoms with Crippen molar-refractivity contribution in [2.75, 3.05) is 36.5 Å². The molecule has 0 aliphatic carbocycles. The number of rotatable bonds is 8. The van der Waals surface area contributed by atoms with Crippen LogP contribution < -0.4 is 21.1 Å². The number of nitrogens with one attached hydrogen (secondary N) is 4. The van der Waals surface area contributed by atoms with E-state index in [1.807, 2.05) is 13.0 Å². The maximum Gasteiger partial charge on any atom is 0.261 e. The number of benzene rings is 2. The highest BCUT2D eigenvalue weighted by atomic mass is 35.5. The quantitative estimate of drug-likeness (QED) is 0.224. The second-order valence-corrected chi connectivity index (χ2v) is 10.2. The van der Waals surface area contributed by atoms with Crippen molar-refractivity contribution >= 4 is 39.9 Å². The van der Waals surface area contributed by atoms with Gasteiger partial charge < -0.3 is 30.6 Å². The molecule has 1 atom stereocenters. The van der Waals surface area contributed by atoms with E-state index in [0.29, 0.717) is 27.7 Å². The number of hydrogen-bond donors (Lipinski definition) is 5. The lowest BCUT2D eigenvalue weighted by Crippen LogP contribution is -2.45. The zero-order valence-electron chi connectivity index (χ0n) is 21.4. The third-order valence-corrected chi connectivity index (χ3v) is 7.26. The summed E-state index contributed by atoms with van der Waals surface area (Å²) in [6, 6.07) is 12.8. The Morgan fingerprint density at radius 2 is 2.05 bits per heavy atom. The van der Waals surface area contributed by atoms with Crippen LogP contribution in [-0.2, 0) is 4.79 Å². The van der Waals surface area contributed by atoms with Crippen molar-refractivity contribution in [1.82, 2.24) is 20.3 Å². The number of aliphatic hydroxyl groups excluding tert-OH is 1. The van der Waals surface area contributed by atoms with Gasteiger partial charge in [-0.2, -0.15) is 0 Å². The van der Waals surface area contributed by atoms with Crippen LogP contribution in [0.3, 0.4) is 0 Å². The number of carbonyl (C=O) groups excluding carboxylic acids is 1. The zero-order chi connectivity index (χ0) is 27.5. The van der Waals surface area contributed by atoms with Crippen LogP contribution in [0.2, 0.25) is 5.02 Å². The monoisotopic (exact) mass is 552 g/mol. The molecule has 5 rings (SSSR count). The standard InChI is InChI=1S/C28H30ClFN6O3/c1-16-11-20(36-9-6-19(7-10-36)33-24(38)14-30)13-22-26(16)35-27(34-22)25-21(5-8-31-28(25)39)32-15-23(37)17-3-2-4-18(29)12-17/h2-5,8,11-13,19,23,37H,6-7,9-10,14-15H2,1H3,(H,33,38)(H,34,35)(H2,31,32,39)/t23-/m1/s1. The van der Waals surface area contributed by atoms with Crippen molar-refractivity contribution in [3.63, 3.8) is 0 Å². The normalized spacial score (nSPS) is 14.9. The first-order valence-corrected chi connectivity index (χ1v) is 13.2. The van der Waals surface area contributed by atoms with Crippen molar-refractivity contribution in [3.8, 4) is 11.4 Å². The Hall–Kier alpha value is -3.89. The number of aryl methyl sites for hydroxylation is 1. The van der Waals surface area contributed by atoms with Crippen LogP contribution in [0.1, 0.15) is 30.1 Å². The molecule has 1 amide bonds. The molecular weight excluding hydrogens is 523 g/mol. The topological polar surface area (TPSA) is 126 Å². The van der Waals surface area contributed by atoms with Gasteiger partial charge in [0, 0.05) is 42.6 Å². The maximum absolute atomic E-state index is 12.9. The zero-order valence-corrected chi connectivity index (χ0v) is 22.2. The Bertz CT molecular complexity index is 1550. The SMILES string of the molecule is Cc1cc(N2CCC(NC(=O)CF)CC2)cc2[nH]c(-c3c(NC[C@@H](O)c4cccc(Cl)c4)cc[nH]c3=O)nc12. The number of halogens is 2. The second-order valence-electron chi connectivity index (χ2n) is 9.75. The fraction of sp³-hybridized carbons (Fsp3) is 0.321. The van der Waals surface area contributed by atoms with Gasteiger partial charge in [0.2, 0.25) is 0 Å². The minimum Gasteiger partial charge on any atom is -0.387 e. The average molecular weight is 553 g/mol. The van der Waals surface area contributed by atoms with E-state index in [1.54, 1.807) is 36.5 Å². The number of nitrogens with zero attached hydrogens (tertiary/aromatic N) is 2. The molecule has 204 valence electrons. The Morgan fingerprint density at radius 3 is 2.79 bits per heavy atom. The van der Waals surface area contributed by atoms with E-state index >= 15 is 0 Å². The number of pyridine rings is 1. The molecule has 39 heavy (non-hydrogen) atoms. The molecule has 0 radical (unpaired) electrons. The third kappa shape index (κ3) is 5.91. The highest BCUT2D eigenvalue weighted by Gasteiger charge is 2.22. The van der Waals surface area contributed by atoms with Gasteiger partial charge >= 0.3 is 0 Å². The Morgan fingerprint density at radius 1 is 1.26 bits per heavy atom. The summed E-state index contributed by atoms with van der Waals surface area (Å²) in [5, 5.41) is 17.1. The highest BCUT2D eigenvalue weighted by Crippen LogP contribution is 2.30. The molecule has 2 aromatic carbocycles. The molecule has 1 fully saturated rings. The minimum atomic E-state index is -0.998. The molecule has 9 nitrogen and oxygen atoms in total. The minimum absolute atomic E-state index is 0.0267. The van der Waals surface area contributed by atoms with E-state index < -0.39 is 18.7 Å². The van der Waals surface area contributed by atoms with Gasteiger partial charge in [-0.3, -0.25) is 9.59 Å². The number of carbonyl (C=O) groups is 1. The smallest absolute Gasteiger partial charge is 0.261 e. The van der Waals surface area contributed by atoms with E-state index in [2.05, 4.69) is 31.6 Å². The van der Waals surface area contributed by atoms with Gasteiger partial charge in [-0.1, -0.05) is 23.7 Å². The van der Waals surface area contributed by atoms with E-state index in [9.17, 15) is 19.1 Å². The van der Waals surface area contributed by atoms with E-state index in [0.717, 1.165) is 48.2 Å². The fourth-order valence-corrected chi connectivity index (χ4v) is 5.22. The second kappa shape index (κ2) is 11.5. The van der Waals surface area contributed by atoms with Crippen LogP contribution in [0.4, 0.5) is 15.8 Å². The molecule has 2 aromatic heterocycles. The van der Waals surface area contributed by atoms with E-state index in [-0.39, 0.29) is 18.1 Å². The van der Waals surface area contributed by atoms with Crippen molar-refractivity contribution in [2.24, 2.45) is 0 Å². The molecule has 11 heteroatoms.